The van der Waals surface area contributed by atoms with Crippen molar-refractivity contribution in [2.75, 3.05) is 6.61 Å². The van der Waals surface area contributed by atoms with Crippen molar-refractivity contribution in [3.63, 3.8) is 0 Å². The number of aromatic nitrogens is 2. The summed E-state index contributed by atoms with van der Waals surface area (Å²) in [5.41, 5.74) is 5.63. The van der Waals surface area contributed by atoms with Gasteiger partial charge < -0.3 is 14.6 Å². The van der Waals surface area contributed by atoms with E-state index in [0.29, 0.717) is 25.5 Å². The van der Waals surface area contributed by atoms with Crippen LogP contribution in [0.3, 0.4) is 0 Å². The maximum atomic E-state index is 10.3. The number of aliphatic hydroxyl groups is 1. The monoisotopic (exact) mass is 366 g/mol. The Morgan fingerprint density at radius 3 is 2.48 bits per heavy atom. The maximum Gasteiger partial charge on any atom is 0.198 e. The first kappa shape index (κ1) is 19.3. The Labute approximate surface area is 160 Å². The summed E-state index contributed by atoms with van der Waals surface area (Å²) in [6.45, 7) is 7.29. The van der Waals surface area contributed by atoms with Crippen LogP contribution in [0.15, 0.2) is 54.6 Å². The number of aliphatic hydroxyl groups excluding tert-OH is 1. The summed E-state index contributed by atoms with van der Waals surface area (Å²) in [7, 11) is 0. The lowest BCUT2D eigenvalue weighted by atomic mass is 10.1. The highest BCUT2D eigenvalue weighted by molar-refractivity contribution is 5.44. The molecule has 0 aliphatic carbocycles. The predicted molar refractivity (Wildman–Crippen MR) is 105 cm³/mol. The molecule has 0 bridgehead atoms. The minimum Gasteiger partial charge on any atom is -0.372 e. The highest BCUT2D eigenvalue weighted by Gasteiger charge is 2.17. The molecule has 1 atom stereocenters. The molecule has 0 spiro atoms. The fourth-order valence-corrected chi connectivity index (χ4v) is 2.97. The molecule has 0 aliphatic rings. The predicted octanol–water partition coefficient (Wildman–Crippen LogP) is 4.23. The second kappa shape index (κ2) is 8.95. The van der Waals surface area contributed by atoms with Crippen molar-refractivity contribution in [2.24, 2.45) is 0 Å². The maximum absolute atomic E-state index is 10.3. The van der Waals surface area contributed by atoms with Gasteiger partial charge in [0.1, 0.15) is 5.69 Å². The highest BCUT2D eigenvalue weighted by Crippen LogP contribution is 2.23. The Bertz CT molecular complexity index is 875. The van der Waals surface area contributed by atoms with Gasteiger partial charge >= 0.3 is 0 Å². The van der Waals surface area contributed by atoms with Gasteiger partial charge in [-0.15, -0.1) is 0 Å². The van der Waals surface area contributed by atoms with Gasteiger partial charge in [0.05, 0.1) is 24.6 Å². The molecule has 5 heteroatoms. The first-order valence-electron chi connectivity index (χ1n) is 9.16. The number of hydrogen-bond donors (Lipinski definition) is 1. The van der Waals surface area contributed by atoms with E-state index in [2.05, 4.69) is 29.4 Å². The molecule has 1 heterocycles. The number of ether oxygens (including phenoxy) is 2. The molecule has 1 aromatic heterocycles. The lowest BCUT2D eigenvalue weighted by Gasteiger charge is -2.16. The zero-order valence-corrected chi connectivity index (χ0v) is 16.1. The molecule has 0 saturated carbocycles. The second-order valence-electron chi connectivity index (χ2n) is 6.53. The van der Waals surface area contributed by atoms with Gasteiger partial charge in [0.25, 0.3) is 0 Å². The van der Waals surface area contributed by atoms with Crippen molar-refractivity contribution in [1.29, 1.82) is 0 Å². The Morgan fingerprint density at radius 2 is 1.74 bits per heavy atom. The van der Waals surface area contributed by atoms with Crippen LogP contribution in [0.5, 0.6) is 0 Å². The molecule has 3 rings (SSSR count). The van der Waals surface area contributed by atoms with Crippen molar-refractivity contribution < 1.29 is 14.6 Å². The van der Waals surface area contributed by atoms with Gasteiger partial charge in [0.2, 0.25) is 0 Å². The molecular formula is C22H26N2O3. The third-order valence-electron chi connectivity index (χ3n) is 4.32. The molecule has 0 saturated heterocycles. The van der Waals surface area contributed by atoms with Crippen molar-refractivity contribution in [2.45, 2.75) is 40.3 Å². The van der Waals surface area contributed by atoms with E-state index >= 15 is 0 Å². The molecule has 0 radical (unpaired) electrons. The quantitative estimate of drug-likeness (QED) is 0.606. The van der Waals surface area contributed by atoms with Crippen LogP contribution in [0.25, 0.3) is 5.69 Å². The van der Waals surface area contributed by atoms with E-state index in [9.17, 15) is 5.11 Å². The van der Waals surface area contributed by atoms with E-state index in [1.165, 1.54) is 0 Å². The molecule has 3 aromatic rings. The van der Waals surface area contributed by atoms with Crippen molar-refractivity contribution >= 4 is 0 Å². The smallest absolute Gasteiger partial charge is 0.198 e. The van der Waals surface area contributed by atoms with E-state index in [1.807, 2.05) is 51.1 Å². The summed E-state index contributed by atoms with van der Waals surface area (Å²) in [6.07, 6.45) is -1.01. The summed E-state index contributed by atoms with van der Waals surface area (Å²) in [5.74, 6) is 0. The van der Waals surface area contributed by atoms with Crippen LogP contribution in [-0.2, 0) is 22.7 Å². The summed E-state index contributed by atoms with van der Waals surface area (Å²) < 4.78 is 13.0. The molecular weight excluding hydrogens is 340 g/mol. The zero-order chi connectivity index (χ0) is 19.2. The topological polar surface area (TPSA) is 56.5 Å². The summed E-state index contributed by atoms with van der Waals surface area (Å²) in [4.78, 5) is 0. The van der Waals surface area contributed by atoms with Gasteiger partial charge in [0.15, 0.2) is 6.29 Å². The molecule has 5 nitrogen and oxygen atoms in total. The fraction of sp³-hybridized carbons (Fsp3) is 0.318. The van der Waals surface area contributed by atoms with Crippen LogP contribution in [0.4, 0.5) is 0 Å². The number of rotatable bonds is 8. The van der Waals surface area contributed by atoms with Gasteiger partial charge in [-0.05, 0) is 49.6 Å². The van der Waals surface area contributed by atoms with Crippen LogP contribution in [-0.4, -0.2) is 21.5 Å². The number of aryl methyl sites for hydroxylation is 2. The third kappa shape index (κ3) is 4.83. The molecule has 27 heavy (non-hydrogen) atoms. The van der Waals surface area contributed by atoms with Gasteiger partial charge in [-0.2, -0.15) is 5.10 Å². The molecule has 0 aliphatic heterocycles. The highest BCUT2D eigenvalue weighted by atomic mass is 16.6. The molecule has 142 valence electrons. The molecule has 1 unspecified atom stereocenters. The zero-order valence-electron chi connectivity index (χ0n) is 16.1. The van der Waals surface area contributed by atoms with Gasteiger partial charge in [-0.25, -0.2) is 4.68 Å². The van der Waals surface area contributed by atoms with Crippen LogP contribution >= 0.6 is 0 Å². The first-order chi connectivity index (χ1) is 13.1. The number of hydrogen-bond acceptors (Lipinski definition) is 4. The second-order valence-corrected chi connectivity index (χ2v) is 6.53. The third-order valence-corrected chi connectivity index (χ3v) is 4.32. The molecule has 0 fully saturated rings. The summed E-state index contributed by atoms with van der Waals surface area (Å²) in [5, 5.41) is 14.8. The van der Waals surface area contributed by atoms with Crippen molar-refractivity contribution in [3.8, 4) is 5.69 Å². The van der Waals surface area contributed by atoms with E-state index in [0.717, 1.165) is 28.1 Å². The normalized spacial score (nSPS) is 12.3. The number of nitrogens with zero attached hydrogens (tertiary/aromatic N) is 2. The van der Waals surface area contributed by atoms with Crippen LogP contribution in [0.1, 0.15) is 41.3 Å². The van der Waals surface area contributed by atoms with Crippen LogP contribution < -0.4 is 0 Å². The van der Waals surface area contributed by atoms with Gasteiger partial charge in [-0.3, -0.25) is 0 Å². The van der Waals surface area contributed by atoms with E-state index in [-0.39, 0.29) is 0 Å². The van der Waals surface area contributed by atoms with E-state index in [4.69, 9.17) is 9.47 Å². The van der Waals surface area contributed by atoms with Gasteiger partial charge in [0, 0.05) is 6.61 Å². The summed E-state index contributed by atoms with van der Waals surface area (Å²) in [6, 6.07) is 18.1. The van der Waals surface area contributed by atoms with E-state index in [1.54, 1.807) is 4.68 Å². The summed E-state index contributed by atoms with van der Waals surface area (Å²) >= 11 is 0. The van der Waals surface area contributed by atoms with E-state index < -0.39 is 6.29 Å². The van der Waals surface area contributed by atoms with Crippen LogP contribution in [0.2, 0.25) is 0 Å². The largest absolute Gasteiger partial charge is 0.372 e. The lowest BCUT2D eigenvalue weighted by molar-refractivity contribution is -0.102. The minimum absolute atomic E-state index is 0.428. The Hall–Kier alpha value is -2.47. The average Bonchev–Trinajstić information content (AvgIpc) is 3.06. The standard InChI is InChI=1S/C22H26N2O3/c1-4-27-22(25)21-12-17(3)23-24(21)20-13-19(11-10-16(20)2)15-26-14-18-8-6-5-7-9-18/h5-13,22,25H,4,14-15H2,1-3H3. The molecule has 2 aromatic carbocycles. The van der Waals surface area contributed by atoms with Crippen molar-refractivity contribution in [1.82, 2.24) is 9.78 Å². The lowest BCUT2D eigenvalue weighted by Crippen LogP contribution is -2.11. The molecule has 0 amide bonds. The van der Waals surface area contributed by atoms with Gasteiger partial charge in [-0.1, -0.05) is 42.5 Å². The average molecular weight is 366 g/mol. The Balaban J connectivity index is 1.79. The fourth-order valence-electron chi connectivity index (χ4n) is 2.97. The Kier molecular flexibility index (Phi) is 6.40. The molecule has 1 N–H and O–H groups in total. The van der Waals surface area contributed by atoms with Crippen molar-refractivity contribution in [3.05, 3.63) is 82.7 Å². The first-order valence-corrected chi connectivity index (χ1v) is 9.16. The SMILES string of the molecule is CCOC(O)c1cc(C)nn1-c1cc(COCc2ccccc2)ccc1C. The van der Waals surface area contributed by atoms with Crippen LogP contribution in [0, 0.1) is 13.8 Å². The number of benzene rings is 2. The Morgan fingerprint density at radius 1 is 1.00 bits per heavy atom. The minimum atomic E-state index is -1.01.